The molecule has 0 spiro atoms. The maximum Gasteiger partial charge on any atom is 0.225 e. The first-order valence-electron chi connectivity index (χ1n) is 8.45. The fourth-order valence-corrected chi connectivity index (χ4v) is 4.21. The first-order valence-corrected chi connectivity index (χ1v) is 8.45. The monoisotopic (exact) mass is 342 g/mol. The summed E-state index contributed by atoms with van der Waals surface area (Å²) in [6.07, 6.45) is 0.256. The molecule has 24 heavy (non-hydrogen) atoms. The van der Waals surface area contributed by atoms with Crippen molar-refractivity contribution in [2.45, 2.75) is 49.4 Å². The molecule has 1 saturated heterocycles. The zero-order valence-corrected chi connectivity index (χ0v) is 13.4. The molecule has 8 nitrogen and oxygen atoms in total. The highest BCUT2D eigenvalue weighted by atomic mass is 16.6. The molecule has 0 aromatic rings. The Labute approximate surface area is 140 Å². The van der Waals surface area contributed by atoms with Gasteiger partial charge in [-0.1, -0.05) is 12.2 Å². The van der Waals surface area contributed by atoms with E-state index in [0.717, 1.165) is 12.8 Å². The van der Waals surface area contributed by atoms with Crippen LogP contribution in [-0.4, -0.2) is 69.6 Å². The van der Waals surface area contributed by atoms with Crippen LogP contribution in [0.5, 0.6) is 0 Å². The number of hydrogen-bond acceptors (Lipinski definition) is 7. The normalized spacial score (nSPS) is 47.1. The second kappa shape index (κ2) is 6.70. The van der Waals surface area contributed by atoms with Crippen molar-refractivity contribution in [2.24, 2.45) is 23.5 Å². The third-order valence-electron chi connectivity index (χ3n) is 5.54. The molecule has 0 aromatic heterocycles. The fraction of sp³-hybridized carbons (Fsp3) is 0.812. The second-order valence-corrected chi connectivity index (χ2v) is 7.07. The van der Waals surface area contributed by atoms with Crippen LogP contribution in [0.3, 0.4) is 0 Å². The summed E-state index contributed by atoms with van der Waals surface area (Å²) in [5.74, 6) is 0.113. The average molecular weight is 342 g/mol. The van der Waals surface area contributed by atoms with Crippen molar-refractivity contribution >= 4 is 5.91 Å². The van der Waals surface area contributed by atoms with Gasteiger partial charge in [-0.2, -0.15) is 0 Å². The second-order valence-electron chi connectivity index (χ2n) is 7.07. The molecule has 3 unspecified atom stereocenters. The van der Waals surface area contributed by atoms with Gasteiger partial charge in [0.2, 0.25) is 5.91 Å². The van der Waals surface area contributed by atoms with E-state index in [2.05, 4.69) is 11.4 Å². The van der Waals surface area contributed by atoms with Crippen LogP contribution in [0.15, 0.2) is 12.2 Å². The number of rotatable bonds is 5. The van der Waals surface area contributed by atoms with Gasteiger partial charge < -0.3 is 36.2 Å². The number of fused-ring (bicyclic) bond motifs is 2. The van der Waals surface area contributed by atoms with Crippen molar-refractivity contribution in [3.63, 3.8) is 0 Å². The summed E-state index contributed by atoms with van der Waals surface area (Å²) in [5, 5.41) is 42.5. The Bertz CT molecular complexity index is 513. The predicted octanol–water partition coefficient (Wildman–Crippen LogP) is -2.17. The summed E-state index contributed by atoms with van der Waals surface area (Å²) in [6, 6.07) is 0. The minimum Gasteiger partial charge on any atom is -0.394 e. The lowest BCUT2D eigenvalue weighted by Crippen LogP contribution is -2.72. The summed E-state index contributed by atoms with van der Waals surface area (Å²) in [6.45, 7) is -0.459. The molecule has 0 radical (unpaired) electrons. The molecule has 2 fully saturated rings. The molecule has 8 heteroatoms. The van der Waals surface area contributed by atoms with E-state index in [-0.39, 0.29) is 30.7 Å². The van der Waals surface area contributed by atoms with E-state index in [4.69, 9.17) is 10.5 Å². The van der Waals surface area contributed by atoms with Crippen LogP contribution in [0.1, 0.15) is 19.3 Å². The fourth-order valence-electron chi connectivity index (χ4n) is 4.21. The molecule has 8 atom stereocenters. The Morgan fingerprint density at radius 1 is 1.25 bits per heavy atom. The van der Waals surface area contributed by atoms with Crippen LogP contribution in [0, 0.1) is 17.8 Å². The molecule has 2 bridgehead atoms. The highest BCUT2D eigenvalue weighted by Gasteiger charge is 2.54. The zero-order valence-electron chi connectivity index (χ0n) is 13.4. The molecule has 1 heterocycles. The summed E-state index contributed by atoms with van der Waals surface area (Å²) in [7, 11) is 0. The van der Waals surface area contributed by atoms with E-state index < -0.39 is 36.7 Å². The van der Waals surface area contributed by atoms with Crippen LogP contribution in [0.2, 0.25) is 0 Å². The molecule has 1 saturated carbocycles. The number of aliphatic hydroxyl groups is 4. The summed E-state index contributed by atoms with van der Waals surface area (Å²) in [5.41, 5.74) is 3.98. The number of allylic oxidation sites excluding steroid dienone is 2. The van der Waals surface area contributed by atoms with Gasteiger partial charge in [0.1, 0.15) is 24.4 Å². The van der Waals surface area contributed by atoms with E-state index in [9.17, 15) is 25.2 Å². The Hall–Kier alpha value is -1.03. The van der Waals surface area contributed by atoms with E-state index in [1.165, 1.54) is 0 Å². The van der Waals surface area contributed by atoms with Gasteiger partial charge in [-0.15, -0.1) is 0 Å². The molecule has 0 aromatic carbocycles. The van der Waals surface area contributed by atoms with E-state index >= 15 is 0 Å². The number of carbonyl (C=O) groups is 1. The third-order valence-corrected chi connectivity index (χ3v) is 5.54. The van der Waals surface area contributed by atoms with Crippen molar-refractivity contribution < 1.29 is 30.0 Å². The van der Waals surface area contributed by atoms with Gasteiger partial charge in [-0.05, 0) is 31.2 Å². The van der Waals surface area contributed by atoms with Gasteiger partial charge in [-0.25, -0.2) is 0 Å². The molecular formula is C16H26N2O6. The molecule has 1 aliphatic heterocycles. The lowest BCUT2D eigenvalue weighted by Gasteiger charge is -2.49. The first kappa shape index (κ1) is 17.8. The molecule has 136 valence electrons. The number of aliphatic hydroxyl groups excluding tert-OH is 4. The van der Waals surface area contributed by atoms with Crippen LogP contribution < -0.4 is 11.1 Å². The summed E-state index contributed by atoms with van der Waals surface area (Å²) < 4.78 is 5.63. The maximum atomic E-state index is 12.7. The van der Waals surface area contributed by atoms with Gasteiger partial charge in [0.15, 0.2) is 5.72 Å². The number of nitrogens with one attached hydrogen (secondary N) is 1. The quantitative estimate of drug-likeness (QED) is 0.312. The Balaban J connectivity index is 1.79. The first-order chi connectivity index (χ1) is 11.4. The highest BCUT2D eigenvalue weighted by Crippen LogP contribution is 2.44. The number of hydrogen-bond donors (Lipinski definition) is 6. The third kappa shape index (κ3) is 2.87. The molecule has 2 aliphatic carbocycles. The Morgan fingerprint density at radius 2 is 2.00 bits per heavy atom. The highest BCUT2D eigenvalue weighted by molar-refractivity contribution is 5.80. The smallest absolute Gasteiger partial charge is 0.225 e. The van der Waals surface area contributed by atoms with Gasteiger partial charge in [0, 0.05) is 12.3 Å². The predicted molar refractivity (Wildman–Crippen MR) is 83.4 cm³/mol. The van der Waals surface area contributed by atoms with E-state index in [0.29, 0.717) is 5.92 Å². The van der Waals surface area contributed by atoms with E-state index in [1.54, 1.807) is 0 Å². The average Bonchev–Trinajstić information content (AvgIpc) is 3.19. The SMILES string of the molecule is NCC[C@]1(NC(=O)C2CC3C=CC2C3)O[C@H](CO)[C@@H](O)[C@H](O)[C@@H]1O. The minimum absolute atomic E-state index is 0.0524. The van der Waals surface area contributed by atoms with Crippen LogP contribution in [0.25, 0.3) is 0 Å². The minimum atomic E-state index is -1.62. The van der Waals surface area contributed by atoms with Gasteiger partial charge in [-0.3, -0.25) is 4.79 Å². The zero-order chi connectivity index (χ0) is 17.5. The van der Waals surface area contributed by atoms with Crippen molar-refractivity contribution in [2.75, 3.05) is 13.2 Å². The van der Waals surface area contributed by atoms with Crippen molar-refractivity contribution in [3.05, 3.63) is 12.2 Å². The summed E-state index contributed by atoms with van der Waals surface area (Å²) in [4.78, 5) is 12.7. The van der Waals surface area contributed by atoms with Crippen molar-refractivity contribution in [3.8, 4) is 0 Å². The van der Waals surface area contributed by atoms with Gasteiger partial charge >= 0.3 is 0 Å². The number of amides is 1. The molecule has 3 rings (SSSR count). The number of carbonyl (C=O) groups excluding carboxylic acids is 1. The van der Waals surface area contributed by atoms with Crippen LogP contribution in [-0.2, 0) is 9.53 Å². The Kier molecular flexibility index (Phi) is 4.96. The number of nitrogens with two attached hydrogens (primary N) is 1. The van der Waals surface area contributed by atoms with Crippen molar-refractivity contribution in [1.29, 1.82) is 0 Å². The van der Waals surface area contributed by atoms with Gasteiger partial charge in [0.25, 0.3) is 0 Å². The summed E-state index contributed by atoms with van der Waals surface area (Å²) >= 11 is 0. The topological polar surface area (TPSA) is 145 Å². The Morgan fingerprint density at radius 3 is 2.54 bits per heavy atom. The van der Waals surface area contributed by atoms with Crippen LogP contribution >= 0.6 is 0 Å². The lowest BCUT2D eigenvalue weighted by molar-refractivity contribution is -0.284. The molecule has 1 amide bonds. The molecular weight excluding hydrogens is 316 g/mol. The molecule has 3 aliphatic rings. The van der Waals surface area contributed by atoms with E-state index in [1.807, 2.05) is 6.08 Å². The molecule has 7 N–H and O–H groups in total. The maximum absolute atomic E-state index is 12.7. The van der Waals surface area contributed by atoms with Gasteiger partial charge in [0.05, 0.1) is 6.61 Å². The lowest BCUT2D eigenvalue weighted by atomic mass is 9.86. The van der Waals surface area contributed by atoms with Crippen LogP contribution in [0.4, 0.5) is 0 Å². The largest absolute Gasteiger partial charge is 0.394 e. The van der Waals surface area contributed by atoms with Crippen molar-refractivity contribution in [1.82, 2.24) is 5.32 Å². The number of ether oxygens (including phenoxy) is 1. The standard InChI is InChI=1S/C16H26N2O6/c17-4-3-16(14(22)13(21)12(20)11(7-19)24-16)18-15(23)10-6-8-1-2-9(10)5-8/h1-2,8-14,19-22H,3-7,17H2,(H,18,23)/t8?,9?,10?,11-,12-,13+,14+,16+/m1/s1.